The summed E-state index contributed by atoms with van der Waals surface area (Å²) in [5, 5.41) is 0. The largest absolute Gasteiger partial charge is 0.0632 e. The van der Waals surface area contributed by atoms with Crippen molar-refractivity contribution in [3.8, 4) is 33.4 Å². The molecule has 0 unspecified atom stereocenters. The maximum Gasteiger partial charge on any atom is 0.0632 e. The molecule has 0 aliphatic rings. The van der Waals surface area contributed by atoms with Gasteiger partial charge in [0.1, 0.15) is 0 Å². The monoisotopic (exact) mass is 531 g/mol. The van der Waals surface area contributed by atoms with Crippen molar-refractivity contribution in [2.24, 2.45) is 0 Å². The summed E-state index contributed by atoms with van der Waals surface area (Å²) >= 11 is 0. The van der Waals surface area contributed by atoms with Crippen LogP contribution >= 0.6 is 0 Å². The van der Waals surface area contributed by atoms with Crippen LogP contribution in [-0.2, 0) is 0 Å². The van der Waals surface area contributed by atoms with Crippen LogP contribution in [0.5, 0.6) is 0 Å². The van der Waals surface area contributed by atoms with Crippen LogP contribution in [0.25, 0.3) is 33.4 Å². The first kappa shape index (κ1) is 9.21. The summed E-state index contributed by atoms with van der Waals surface area (Å²) in [7, 11) is 0. The Morgan fingerprint density at radius 1 is 0.333 bits per heavy atom. The maximum absolute atomic E-state index is 8.04. The van der Waals surface area contributed by atoms with Gasteiger partial charge in [-0.3, -0.25) is 0 Å². The van der Waals surface area contributed by atoms with Crippen molar-refractivity contribution in [2.45, 2.75) is 20.8 Å². The van der Waals surface area contributed by atoms with Gasteiger partial charge in [-0.1, -0.05) is 174 Å². The zero-order chi connectivity index (χ0) is 50.8. The van der Waals surface area contributed by atoms with E-state index >= 15 is 0 Å². The molecule has 6 rings (SSSR count). The van der Waals surface area contributed by atoms with E-state index in [4.69, 9.17) is 37.0 Å². The molecule has 192 valence electrons. The molecule has 0 amide bonds. The van der Waals surface area contributed by atoms with Crippen LogP contribution in [0.15, 0.2) is 163 Å². The predicted octanol–water partition coefficient (Wildman–Crippen LogP) is 11.0. The van der Waals surface area contributed by atoms with Crippen LogP contribution in [-0.4, -0.2) is 0 Å². The number of rotatable bonds is 3. The smallest absolute Gasteiger partial charge is 0.0622 e. The third kappa shape index (κ3) is 8.42. The molecule has 0 spiro atoms. The highest BCUT2D eigenvalue weighted by molar-refractivity contribution is 5.67. The van der Waals surface area contributed by atoms with Gasteiger partial charge >= 0.3 is 0 Å². The lowest BCUT2D eigenvalue weighted by molar-refractivity contribution is 1.46. The Kier molecular flexibility index (Phi) is 3.38. The van der Waals surface area contributed by atoms with E-state index in [0.29, 0.717) is 0 Å². The highest BCUT2D eigenvalue weighted by Crippen LogP contribution is 2.22. The molecule has 39 heavy (non-hydrogen) atoms. The van der Waals surface area contributed by atoms with Gasteiger partial charge in [-0.05, 0) is 59.7 Å². The molecule has 0 atom stereocenters. The summed E-state index contributed by atoms with van der Waals surface area (Å²) in [4.78, 5) is 0. The minimum absolute atomic E-state index is 0.0667. The van der Waals surface area contributed by atoms with E-state index in [0.717, 1.165) is 0 Å². The van der Waals surface area contributed by atoms with Gasteiger partial charge in [0, 0.05) is 0 Å². The van der Waals surface area contributed by atoms with Crippen LogP contribution in [0.3, 0.4) is 0 Å². The molecular weight excluding hydrogens is 468 g/mol. The molecule has 6 aromatic rings. The van der Waals surface area contributed by atoms with Gasteiger partial charge in [-0.25, -0.2) is 0 Å². The van der Waals surface area contributed by atoms with Crippen LogP contribution in [0.4, 0.5) is 0 Å². The minimum Gasteiger partial charge on any atom is -0.0622 e. The summed E-state index contributed by atoms with van der Waals surface area (Å²) < 4.78 is 210. The van der Waals surface area contributed by atoms with Crippen molar-refractivity contribution in [1.82, 2.24) is 0 Å². The van der Waals surface area contributed by atoms with Crippen molar-refractivity contribution in [3.05, 3.63) is 180 Å². The van der Waals surface area contributed by atoms with Crippen molar-refractivity contribution in [2.75, 3.05) is 0 Å². The van der Waals surface area contributed by atoms with Crippen molar-refractivity contribution >= 4 is 0 Å². The lowest BCUT2D eigenvalue weighted by Crippen LogP contribution is -1.80. The zero-order valence-corrected chi connectivity index (χ0v) is 21.0. The Bertz CT molecular complexity index is 2330. The van der Waals surface area contributed by atoms with Crippen molar-refractivity contribution in [1.29, 1.82) is 0 Å². The Hall–Kier alpha value is -4.68. The van der Waals surface area contributed by atoms with Gasteiger partial charge in [-0.2, -0.15) is 0 Å². The molecule has 0 radical (unpaired) electrons. The Morgan fingerprint density at radius 2 is 0.769 bits per heavy atom. The number of hydrogen-bond acceptors (Lipinski definition) is 0. The molecular formula is C39H36. The third-order valence-corrected chi connectivity index (χ3v) is 4.62. The first-order valence-electron chi connectivity index (χ1n) is 24.8. The van der Waals surface area contributed by atoms with E-state index in [1.54, 1.807) is 0 Å². The number of benzene rings is 6. The van der Waals surface area contributed by atoms with Crippen LogP contribution in [0, 0.1) is 20.8 Å². The van der Waals surface area contributed by atoms with E-state index in [1.807, 2.05) is 0 Å². The topological polar surface area (TPSA) is 0 Å². The van der Waals surface area contributed by atoms with Gasteiger partial charge in [0.15, 0.2) is 0 Å². The Labute approximate surface area is 272 Å². The summed E-state index contributed by atoms with van der Waals surface area (Å²) in [5.41, 5.74) is -0.953. The fourth-order valence-corrected chi connectivity index (χ4v) is 2.81. The minimum atomic E-state index is -0.576. The molecule has 6 aromatic carbocycles. The molecule has 0 bridgehead atoms. The fourth-order valence-electron chi connectivity index (χ4n) is 2.81. The Balaban J connectivity index is 0.000000216. The SMILES string of the molecule is [2H]c1c([2H])c([2H])c(-c2c([2H])c([2H])c(C)c([2H])c2[2H])c([2H])c1[2H].[2H]c1c([2H])c([2H])c(-c2c([2H])c([2H])c([2H])c(C)c2[2H])c([2H])c1[2H].[2H]c1c([2H])c([2H])c(-c2c([2H])c([2H])c([2H])c([2H])c2C)c([2H])c1[2H]. The molecule has 0 aromatic heterocycles. The average molecular weight is 532 g/mol. The molecule has 0 heterocycles. The summed E-state index contributed by atoms with van der Waals surface area (Å²) in [6.45, 7) is 4.31. The lowest BCUT2D eigenvalue weighted by Gasteiger charge is -2.04. The predicted molar refractivity (Wildman–Crippen MR) is 170 cm³/mol. The molecule has 0 aliphatic heterocycles. The van der Waals surface area contributed by atoms with Gasteiger partial charge in [0.25, 0.3) is 0 Å². The third-order valence-electron chi connectivity index (χ3n) is 4.62. The van der Waals surface area contributed by atoms with Crippen molar-refractivity contribution in [3.63, 3.8) is 0 Å². The number of hydrogen-bond donors (Lipinski definition) is 0. The first-order valence-corrected chi connectivity index (χ1v) is 11.2. The van der Waals surface area contributed by atoms with Crippen LogP contribution in [0.2, 0.25) is 0 Å². The van der Waals surface area contributed by atoms with Gasteiger partial charge in [0.2, 0.25) is 0 Å². The second kappa shape index (κ2) is 14.3. The van der Waals surface area contributed by atoms with Gasteiger partial charge in [-0.15, -0.1) is 0 Å². The highest BCUT2D eigenvalue weighted by atomic mass is 14.0. The molecule has 0 saturated heterocycles. The molecule has 0 saturated carbocycles. The first-order chi connectivity index (χ1) is 30.3. The van der Waals surface area contributed by atoms with E-state index in [-0.39, 0.29) is 80.3 Å². The molecule has 0 nitrogen and oxygen atoms in total. The van der Waals surface area contributed by atoms with Gasteiger partial charge < -0.3 is 0 Å². The van der Waals surface area contributed by atoms with E-state index in [2.05, 4.69) is 0 Å². The standard InChI is InChI=1S/3C13H12/c1-11-7-5-6-10-13(11)12-8-3-2-4-9-12;1-11-6-5-9-13(10-11)12-7-3-2-4-8-12;1-11-7-9-13(10-8-11)12-5-3-2-4-6-12/h3*2-10H,1H3/i3*2D,3D,4D,5D,6D,7D,8D,9D,10D. The lowest BCUT2D eigenvalue weighted by atomic mass is 10.0. The van der Waals surface area contributed by atoms with Crippen molar-refractivity contribution < 1.29 is 37.0 Å². The van der Waals surface area contributed by atoms with E-state index in [9.17, 15) is 0 Å². The summed E-state index contributed by atoms with van der Waals surface area (Å²) in [5.74, 6) is 0. The van der Waals surface area contributed by atoms with Gasteiger partial charge in [0.05, 0.1) is 37.0 Å². The maximum atomic E-state index is 8.04. The normalized spacial score (nSPS) is 19.6. The fraction of sp³-hybridized carbons (Fsp3) is 0.0769. The van der Waals surface area contributed by atoms with E-state index < -0.39 is 133 Å². The molecule has 0 fully saturated rings. The van der Waals surface area contributed by atoms with Crippen LogP contribution < -0.4 is 0 Å². The molecule has 0 N–H and O–H groups in total. The molecule has 0 aliphatic carbocycles. The summed E-state index contributed by atoms with van der Waals surface area (Å²) in [6.07, 6.45) is 0. The highest BCUT2D eigenvalue weighted by Gasteiger charge is 1.98. The Morgan fingerprint density at radius 3 is 1.36 bits per heavy atom. The second-order valence-corrected chi connectivity index (χ2v) is 7.50. The van der Waals surface area contributed by atoms with Crippen LogP contribution in [0.1, 0.15) is 53.7 Å². The quantitative estimate of drug-likeness (QED) is 0.213. The zero-order valence-electron chi connectivity index (χ0n) is 48.0. The van der Waals surface area contributed by atoms with E-state index in [1.165, 1.54) is 20.8 Å². The summed E-state index contributed by atoms with van der Waals surface area (Å²) in [6, 6.07) is -12.6. The average Bonchev–Trinajstić information content (AvgIpc) is 3.29. The second-order valence-electron chi connectivity index (χ2n) is 7.50. The molecule has 0 heteroatoms.